The Morgan fingerprint density at radius 1 is 1.02 bits per heavy atom. The van der Waals surface area contributed by atoms with Crippen molar-refractivity contribution in [2.24, 2.45) is 0 Å². The van der Waals surface area contributed by atoms with Crippen molar-refractivity contribution in [3.05, 3.63) is 59.9 Å². The van der Waals surface area contributed by atoms with Crippen molar-refractivity contribution < 1.29 is 37.7 Å². The first kappa shape index (κ1) is 30.2. The second kappa shape index (κ2) is 12.9. The van der Waals surface area contributed by atoms with Gasteiger partial charge in [-0.25, -0.2) is 9.78 Å². The number of ether oxygens (including phenoxy) is 1. The number of likely N-dealkylation sites (tertiary alicyclic amines) is 1. The number of anilines is 3. The number of carboxylic acid groups (broad SMARTS) is 1. The third kappa shape index (κ3) is 7.03. The van der Waals surface area contributed by atoms with Crippen LogP contribution in [-0.2, 0) is 16.0 Å². The number of fused-ring (bicyclic) bond motifs is 1. The molecule has 0 radical (unpaired) electrons. The predicted octanol–water partition coefficient (Wildman–Crippen LogP) is 3.30. The number of benzene rings is 1. The van der Waals surface area contributed by atoms with Crippen molar-refractivity contribution >= 4 is 29.3 Å². The average Bonchev–Trinajstić information content (AvgIpc) is 3.45. The lowest BCUT2D eigenvalue weighted by molar-refractivity contribution is -0.192. The van der Waals surface area contributed by atoms with Crippen molar-refractivity contribution in [2.75, 3.05) is 55.7 Å². The number of alkyl halides is 3. The van der Waals surface area contributed by atoms with Gasteiger partial charge in [-0.2, -0.15) is 18.2 Å². The third-order valence-electron chi connectivity index (χ3n) is 7.38. The van der Waals surface area contributed by atoms with E-state index >= 15 is 0 Å². The van der Waals surface area contributed by atoms with E-state index in [0.717, 1.165) is 67.2 Å². The molecule has 2 saturated heterocycles. The average molecular weight is 601 g/mol. The summed E-state index contributed by atoms with van der Waals surface area (Å²) in [5.41, 5.74) is 4.46. The highest BCUT2D eigenvalue weighted by atomic mass is 19.4. The number of nitrogens with zero attached hydrogens (tertiary/aromatic N) is 6. The summed E-state index contributed by atoms with van der Waals surface area (Å²) in [6.45, 7) is 4.61. The first-order valence-electron chi connectivity index (χ1n) is 13.9. The molecule has 1 unspecified atom stereocenters. The highest BCUT2D eigenvalue weighted by molar-refractivity contribution is 5.95. The maximum Gasteiger partial charge on any atom is 0.490 e. The molecule has 2 aromatic heterocycles. The zero-order valence-electron chi connectivity index (χ0n) is 23.2. The Labute approximate surface area is 245 Å². The van der Waals surface area contributed by atoms with E-state index in [-0.39, 0.29) is 5.91 Å². The molecule has 1 amide bonds. The van der Waals surface area contributed by atoms with Crippen LogP contribution in [-0.4, -0.2) is 100 Å². The van der Waals surface area contributed by atoms with Crippen LogP contribution < -0.4 is 9.80 Å². The lowest BCUT2D eigenvalue weighted by atomic mass is 10.0. The smallest absolute Gasteiger partial charge is 0.475 e. The van der Waals surface area contributed by atoms with E-state index < -0.39 is 18.2 Å². The summed E-state index contributed by atoms with van der Waals surface area (Å²) >= 11 is 0. The number of amides is 1. The van der Waals surface area contributed by atoms with Crippen molar-refractivity contribution in [1.29, 1.82) is 0 Å². The van der Waals surface area contributed by atoms with E-state index in [1.54, 1.807) is 11.1 Å². The molecule has 3 aliphatic rings. The molecule has 0 bridgehead atoms. The van der Waals surface area contributed by atoms with Gasteiger partial charge in [0.1, 0.15) is 5.82 Å². The molecule has 3 aliphatic heterocycles. The van der Waals surface area contributed by atoms with Gasteiger partial charge in [-0.05, 0) is 43.5 Å². The Hall–Kier alpha value is -4.30. The molecule has 1 aromatic carbocycles. The first-order chi connectivity index (χ1) is 20.6. The van der Waals surface area contributed by atoms with Crippen LogP contribution in [0, 0.1) is 0 Å². The topological polar surface area (TPSA) is 132 Å². The van der Waals surface area contributed by atoms with Gasteiger partial charge in [-0.3, -0.25) is 9.78 Å². The van der Waals surface area contributed by atoms with Crippen LogP contribution in [0.4, 0.5) is 30.6 Å². The monoisotopic (exact) mass is 600 g/mol. The molecule has 14 heteroatoms. The Balaban J connectivity index is 0.000000472. The van der Waals surface area contributed by atoms with Gasteiger partial charge in [0, 0.05) is 55.6 Å². The number of carbonyl (C=O) groups is 2. The van der Waals surface area contributed by atoms with Crippen molar-refractivity contribution in [2.45, 2.75) is 31.5 Å². The van der Waals surface area contributed by atoms with E-state index in [2.05, 4.69) is 14.8 Å². The fourth-order valence-electron chi connectivity index (χ4n) is 5.27. The predicted molar refractivity (Wildman–Crippen MR) is 150 cm³/mol. The van der Waals surface area contributed by atoms with Crippen molar-refractivity contribution in [3.8, 4) is 11.3 Å². The number of hydrogen-bond donors (Lipinski definition) is 2. The van der Waals surface area contributed by atoms with Crippen LogP contribution >= 0.6 is 0 Å². The minimum Gasteiger partial charge on any atom is -0.475 e. The number of hydrogen-bond acceptors (Lipinski definition) is 9. The number of β-amino-alcohol motifs (C(OH)–C–C–N with tert-alkyl or cyclic N) is 1. The zero-order chi connectivity index (χ0) is 30.6. The van der Waals surface area contributed by atoms with Crippen LogP contribution in [0.5, 0.6) is 0 Å². The molecule has 0 aliphatic carbocycles. The van der Waals surface area contributed by atoms with E-state index in [1.807, 2.05) is 42.6 Å². The number of aliphatic hydroxyl groups is 1. The van der Waals surface area contributed by atoms with Crippen molar-refractivity contribution in [3.63, 3.8) is 0 Å². The lowest BCUT2D eigenvalue weighted by Crippen LogP contribution is -2.42. The van der Waals surface area contributed by atoms with Gasteiger partial charge in [0.25, 0.3) is 5.91 Å². The van der Waals surface area contributed by atoms with E-state index in [4.69, 9.17) is 24.6 Å². The molecule has 228 valence electrons. The molecule has 0 spiro atoms. The molecule has 5 heterocycles. The van der Waals surface area contributed by atoms with Crippen LogP contribution in [0.25, 0.3) is 11.3 Å². The van der Waals surface area contributed by atoms with Gasteiger partial charge >= 0.3 is 12.1 Å². The minimum atomic E-state index is -5.08. The van der Waals surface area contributed by atoms with E-state index in [1.165, 1.54) is 0 Å². The van der Waals surface area contributed by atoms with Gasteiger partial charge in [0.15, 0.2) is 0 Å². The molecule has 43 heavy (non-hydrogen) atoms. The van der Waals surface area contributed by atoms with E-state index in [9.17, 15) is 23.1 Å². The number of pyridine rings is 1. The van der Waals surface area contributed by atoms with Crippen LogP contribution in [0.3, 0.4) is 0 Å². The Morgan fingerprint density at radius 3 is 2.47 bits per heavy atom. The SMILES string of the molecule is O=C(O)C(F)(F)F.O=C(c1cccc(-c2nc(N3CCOCC3)nc3c2CCN3c2cccnc2)c1)N1CCCC(O)C1. The van der Waals surface area contributed by atoms with Gasteiger partial charge in [-0.15, -0.1) is 0 Å². The first-order valence-corrected chi connectivity index (χ1v) is 13.9. The van der Waals surface area contributed by atoms with Crippen LogP contribution in [0.2, 0.25) is 0 Å². The highest BCUT2D eigenvalue weighted by Gasteiger charge is 2.38. The van der Waals surface area contributed by atoms with Gasteiger partial charge in [-0.1, -0.05) is 12.1 Å². The van der Waals surface area contributed by atoms with Crippen molar-refractivity contribution in [1.82, 2.24) is 19.9 Å². The van der Waals surface area contributed by atoms with Crippen LogP contribution in [0.15, 0.2) is 48.8 Å². The van der Waals surface area contributed by atoms with Gasteiger partial charge in [0.05, 0.1) is 36.9 Å². The summed E-state index contributed by atoms with van der Waals surface area (Å²) in [5.74, 6) is -1.23. The summed E-state index contributed by atoms with van der Waals surface area (Å²) in [5, 5.41) is 17.2. The highest BCUT2D eigenvalue weighted by Crippen LogP contribution is 2.39. The fourth-order valence-corrected chi connectivity index (χ4v) is 5.27. The molecular weight excluding hydrogens is 569 g/mol. The number of aromatic nitrogens is 3. The maximum absolute atomic E-state index is 13.3. The largest absolute Gasteiger partial charge is 0.490 e. The molecule has 0 saturated carbocycles. The maximum atomic E-state index is 13.3. The number of rotatable bonds is 4. The number of carbonyl (C=O) groups excluding carboxylic acids is 1. The number of morpholine rings is 1. The molecule has 3 aromatic rings. The molecule has 11 nitrogen and oxygen atoms in total. The summed E-state index contributed by atoms with van der Waals surface area (Å²) in [6.07, 6.45) is 0.463. The fraction of sp³-hybridized carbons (Fsp3) is 0.414. The molecule has 6 rings (SSSR count). The normalized spacial score (nSPS) is 18.5. The molecule has 2 N–H and O–H groups in total. The Kier molecular flexibility index (Phi) is 9.06. The number of halogens is 3. The summed E-state index contributed by atoms with van der Waals surface area (Å²) < 4.78 is 37.3. The molecule has 1 atom stereocenters. The summed E-state index contributed by atoms with van der Waals surface area (Å²) in [4.78, 5) is 42.6. The number of carboxylic acids is 1. The van der Waals surface area contributed by atoms with E-state index in [0.29, 0.717) is 37.8 Å². The van der Waals surface area contributed by atoms with Gasteiger partial charge < -0.3 is 29.6 Å². The second-order valence-electron chi connectivity index (χ2n) is 10.3. The van der Waals surface area contributed by atoms with Gasteiger partial charge in [0.2, 0.25) is 5.95 Å². The van der Waals surface area contributed by atoms with Crippen LogP contribution in [0.1, 0.15) is 28.8 Å². The summed E-state index contributed by atoms with van der Waals surface area (Å²) in [6, 6.07) is 11.7. The molecule has 2 fully saturated rings. The number of piperidine rings is 1. The molecular formula is C29H31F3N6O5. The Morgan fingerprint density at radius 2 is 1.79 bits per heavy atom. The second-order valence-corrected chi connectivity index (χ2v) is 10.3. The Bertz CT molecular complexity index is 1450. The summed E-state index contributed by atoms with van der Waals surface area (Å²) in [7, 11) is 0. The minimum absolute atomic E-state index is 0.0494. The zero-order valence-corrected chi connectivity index (χ0v) is 23.2. The standard InChI is InChI=1S/C27H30N6O3.C2HF3O2/c34-22-7-3-10-32(18-22)26(35)20-5-1-4-19(16-20)24-23-8-11-33(21-6-2-9-28-17-21)25(23)30-27(29-24)31-12-14-36-15-13-31;3-2(4,5)1(6)7/h1-2,4-6,9,16-17,22,34H,3,7-8,10-15,18H2;(H,6,7). The lowest BCUT2D eigenvalue weighted by Gasteiger charge is -2.30. The number of aliphatic hydroxyl groups excluding tert-OH is 1. The number of aliphatic carboxylic acids is 1. The quantitative estimate of drug-likeness (QED) is 0.460. The third-order valence-corrected chi connectivity index (χ3v) is 7.38.